The fraction of sp³-hybridized carbons (Fsp3) is 0.812. The Morgan fingerprint density at radius 1 is 1.38 bits per heavy atom. The molecular formula is C16H28N2O3. The molecular weight excluding hydrogens is 268 g/mol. The first-order chi connectivity index (χ1) is 10.1. The van der Waals surface area contributed by atoms with Crippen molar-refractivity contribution < 1.29 is 14.6 Å². The predicted octanol–water partition coefficient (Wildman–Crippen LogP) is 1.03. The van der Waals surface area contributed by atoms with Crippen molar-refractivity contribution in [3.63, 3.8) is 0 Å². The van der Waals surface area contributed by atoms with Crippen LogP contribution in [-0.4, -0.2) is 71.8 Å². The predicted molar refractivity (Wildman–Crippen MR) is 82.0 cm³/mol. The van der Waals surface area contributed by atoms with Crippen LogP contribution in [-0.2, 0) is 9.53 Å². The van der Waals surface area contributed by atoms with Crippen LogP contribution in [0.2, 0.25) is 0 Å². The number of hydrogen-bond acceptors (Lipinski definition) is 4. The molecule has 5 heteroatoms. The van der Waals surface area contributed by atoms with E-state index in [0.29, 0.717) is 12.6 Å². The lowest BCUT2D eigenvalue weighted by atomic mass is 10.1. The highest BCUT2D eigenvalue weighted by Crippen LogP contribution is 2.25. The molecule has 5 nitrogen and oxygen atoms in total. The molecule has 0 bridgehead atoms. The Morgan fingerprint density at radius 3 is 2.67 bits per heavy atom. The van der Waals surface area contributed by atoms with Crippen molar-refractivity contribution in [2.75, 3.05) is 32.8 Å². The smallest absolute Gasteiger partial charge is 0.251 e. The molecule has 2 fully saturated rings. The van der Waals surface area contributed by atoms with E-state index in [2.05, 4.69) is 11.5 Å². The molecule has 1 aliphatic heterocycles. The van der Waals surface area contributed by atoms with Gasteiger partial charge in [-0.25, -0.2) is 0 Å². The molecule has 2 rings (SSSR count). The van der Waals surface area contributed by atoms with Gasteiger partial charge in [-0.2, -0.15) is 0 Å². The molecule has 21 heavy (non-hydrogen) atoms. The zero-order valence-electron chi connectivity index (χ0n) is 13.0. The minimum atomic E-state index is -0.381. The summed E-state index contributed by atoms with van der Waals surface area (Å²) in [5.41, 5.74) is 0. The summed E-state index contributed by atoms with van der Waals surface area (Å²) in [7, 11) is 0. The fourth-order valence-electron chi connectivity index (χ4n) is 3.28. The summed E-state index contributed by atoms with van der Waals surface area (Å²) in [6.07, 6.45) is 5.10. The maximum atomic E-state index is 12.3. The minimum absolute atomic E-state index is 0.0747. The lowest BCUT2D eigenvalue weighted by Gasteiger charge is -2.39. The molecule has 3 atom stereocenters. The molecule has 0 aromatic heterocycles. The quantitative estimate of drug-likeness (QED) is 0.587. The SMILES string of the molecule is C=CCCO[C@H](C)C(=O)N1CCN([C@@H]2CCC[C@@H]2O)CC1. The summed E-state index contributed by atoms with van der Waals surface area (Å²) in [6.45, 7) is 9.18. The molecule has 0 aromatic carbocycles. The molecule has 1 aliphatic carbocycles. The van der Waals surface area contributed by atoms with Crippen molar-refractivity contribution in [2.24, 2.45) is 0 Å². The number of ether oxygens (including phenoxy) is 1. The second-order valence-corrected chi connectivity index (χ2v) is 6.02. The summed E-state index contributed by atoms with van der Waals surface area (Å²) >= 11 is 0. The summed E-state index contributed by atoms with van der Waals surface area (Å²) in [6, 6.07) is 0.295. The average molecular weight is 296 g/mol. The fourth-order valence-corrected chi connectivity index (χ4v) is 3.28. The summed E-state index contributed by atoms with van der Waals surface area (Å²) in [5.74, 6) is 0.0747. The molecule has 0 spiro atoms. The molecule has 0 radical (unpaired) electrons. The molecule has 0 aromatic rings. The largest absolute Gasteiger partial charge is 0.391 e. The van der Waals surface area contributed by atoms with Crippen molar-refractivity contribution in [3.05, 3.63) is 12.7 Å². The van der Waals surface area contributed by atoms with Crippen LogP contribution in [0.15, 0.2) is 12.7 Å². The van der Waals surface area contributed by atoms with E-state index >= 15 is 0 Å². The van der Waals surface area contributed by atoms with Crippen molar-refractivity contribution in [1.29, 1.82) is 0 Å². The molecule has 120 valence electrons. The van der Waals surface area contributed by atoms with E-state index in [-0.39, 0.29) is 18.1 Å². The van der Waals surface area contributed by atoms with E-state index in [4.69, 9.17) is 4.74 Å². The Morgan fingerprint density at radius 2 is 2.10 bits per heavy atom. The number of aliphatic hydroxyl groups is 1. The van der Waals surface area contributed by atoms with Crippen LogP contribution in [0.25, 0.3) is 0 Å². The highest BCUT2D eigenvalue weighted by molar-refractivity contribution is 5.80. The summed E-state index contributed by atoms with van der Waals surface area (Å²) in [4.78, 5) is 16.5. The normalized spacial score (nSPS) is 28.6. The van der Waals surface area contributed by atoms with Gasteiger partial charge in [-0.15, -0.1) is 6.58 Å². The van der Waals surface area contributed by atoms with Gasteiger partial charge in [0.2, 0.25) is 0 Å². The third-order valence-corrected chi connectivity index (χ3v) is 4.58. The van der Waals surface area contributed by atoms with Crippen LogP contribution in [0, 0.1) is 0 Å². The topological polar surface area (TPSA) is 53.0 Å². The van der Waals surface area contributed by atoms with Gasteiger partial charge in [0.1, 0.15) is 6.10 Å². The number of carbonyl (C=O) groups excluding carboxylic acids is 1. The van der Waals surface area contributed by atoms with E-state index in [0.717, 1.165) is 51.9 Å². The lowest BCUT2D eigenvalue weighted by molar-refractivity contribution is -0.144. The van der Waals surface area contributed by atoms with Gasteiger partial charge in [0.15, 0.2) is 0 Å². The van der Waals surface area contributed by atoms with Crippen LogP contribution < -0.4 is 0 Å². The molecule has 1 N–H and O–H groups in total. The Hall–Kier alpha value is -0.910. The van der Waals surface area contributed by atoms with E-state index in [1.54, 1.807) is 6.08 Å². The number of amides is 1. The Balaban J connectivity index is 1.75. The van der Waals surface area contributed by atoms with Gasteiger partial charge in [0, 0.05) is 32.2 Å². The summed E-state index contributed by atoms with van der Waals surface area (Å²) in [5, 5.41) is 9.97. The van der Waals surface area contributed by atoms with Gasteiger partial charge in [-0.3, -0.25) is 9.69 Å². The zero-order chi connectivity index (χ0) is 15.2. The number of nitrogens with zero attached hydrogens (tertiary/aromatic N) is 2. The van der Waals surface area contributed by atoms with Gasteiger partial charge in [-0.05, 0) is 32.6 Å². The number of hydrogen-bond donors (Lipinski definition) is 1. The average Bonchev–Trinajstić information content (AvgIpc) is 2.93. The first-order valence-corrected chi connectivity index (χ1v) is 8.07. The third kappa shape index (κ3) is 4.28. The standard InChI is InChI=1S/C16H28N2O3/c1-3-4-12-21-13(2)16(20)18-10-8-17(9-11-18)14-6-5-7-15(14)19/h3,13-15,19H,1,4-12H2,2H3/t13-,14-,15+/m1/s1. The van der Waals surface area contributed by atoms with Crippen LogP contribution in [0.3, 0.4) is 0 Å². The molecule has 1 saturated heterocycles. The van der Waals surface area contributed by atoms with Crippen molar-refractivity contribution >= 4 is 5.91 Å². The van der Waals surface area contributed by atoms with Crippen LogP contribution >= 0.6 is 0 Å². The minimum Gasteiger partial charge on any atom is -0.391 e. The number of rotatable bonds is 6. The zero-order valence-corrected chi connectivity index (χ0v) is 13.0. The first-order valence-electron chi connectivity index (χ1n) is 8.07. The van der Waals surface area contributed by atoms with Crippen LogP contribution in [0.1, 0.15) is 32.6 Å². The van der Waals surface area contributed by atoms with Crippen molar-refractivity contribution in [2.45, 2.75) is 50.9 Å². The Bertz CT molecular complexity index is 353. The second-order valence-electron chi connectivity index (χ2n) is 6.02. The Kier molecular flexibility index (Phi) is 6.21. The molecule has 0 unspecified atom stereocenters. The third-order valence-electron chi connectivity index (χ3n) is 4.58. The van der Waals surface area contributed by atoms with Gasteiger partial charge in [0.25, 0.3) is 5.91 Å². The van der Waals surface area contributed by atoms with Crippen LogP contribution in [0.5, 0.6) is 0 Å². The van der Waals surface area contributed by atoms with Gasteiger partial charge >= 0.3 is 0 Å². The van der Waals surface area contributed by atoms with E-state index in [1.165, 1.54) is 0 Å². The summed E-state index contributed by atoms with van der Waals surface area (Å²) < 4.78 is 5.53. The molecule has 1 heterocycles. The second kappa shape index (κ2) is 7.92. The maximum absolute atomic E-state index is 12.3. The van der Waals surface area contributed by atoms with Crippen molar-refractivity contribution in [1.82, 2.24) is 9.80 Å². The van der Waals surface area contributed by atoms with Crippen LogP contribution in [0.4, 0.5) is 0 Å². The van der Waals surface area contributed by atoms with E-state index < -0.39 is 0 Å². The van der Waals surface area contributed by atoms with Gasteiger partial charge in [-0.1, -0.05) is 6.08 Å². The highest BCUT2D eigenvalue weighted by atomic mass is 16.5. The molecule has 1 amide bonds. The number of aliphatic hydroxyl groups excluding tert-OH is 1. The first kappa shape index (κ1) is 16.5. The molecule has 2 aliphatic rings. The van der Waals surface area contributed by atoms with Gasteiger partial charge in [0.05, 0.1) is 12.7 Å². The molecule has 1 saturated carbocycles. The lowest BCUT2D eigenvalue weighted by Crippen LogP contribution is -2.55. The monoisotopic (exact) mass is 296 g/mol. The number of piperazine rings is 1. The number of carbonyl (C=O) groups is 1. The van der Waals surface area contributed by atoms with E-state index in [1.807, 2.05) is 11.8 Å². The van der Waals surface area contributed by atoms with E-state index in [9.17, 15) is 9.90 Å². The van der Waals surface area contributed by atoms with Gasteiger partial charge < -0.3 is 14.7 Å². The highest BCUT2D eigenvalue weighted by Gasteiger charge is 2.34. The Labute approximate surface area is 127 Å². The van der Waals surface area contributed by atoms with Crippen molar-refractivity contribution in [3.8, 4) is 0 Å². The maximum Gasteiger partial charge on any atom is 0.251 e.